The highest BCUT2D eigenvalue weighted by molar-refractivity contribution is 8.29. The van der Waals surface area contributed by atoms with Crippen molar-refractivity contribution in [1.29, 1.82) is 0 Å². The average molecular weight is 543 g/mol. The summed E-state index contributed by atoms with van der Waals surface area (Å²) in [5.41, 5.74) is 2.57. The number of hydrogen-bond acceptors (Lipinski definition) is 5. The van der Waals surface area contributed by atoms with Crippen molar-refractivity contribution in [2.24, 2.45) is 0 Å². The van der Waals surface area contributed by atoms with Crippen molar-refractivity contribution >= 4 is 62.1 Å². The van der Waals surface area contributed by atoms with Gasteiger partial charge < -0.3 is 10.0 Å². The summed E-state index contributed by atoms with van der Waals surface area (Å²) in [6.07, 6.45) is 7.79. The molecule has 1 amide bonds. The summed E-state index contributed by atoms with van der Waals surface area (Å²) in [4.78, 5) is 12.6. The molecule has 34 heavy (non-hydrogen) atoms. The van der Waals surface area contributed by atoms with Crippen LogP contribution in [-0.4, -0.2) is 35.9 Å². The fraction of sp³-hybridized carbons (Fsp3) is 0.261. The fourth-order valence-electron chi connectivity index (χ4n) is 3.33. The second-order valence-corrected chi connectivity index (χ2v) is 13.7. The topological polar surface area (TPSA) is 82.3 Å². The molecule has 1 fully saturated rings. The highest BCUT2D eigenvalue weighted by Gasteiger charge is 2.24. The molecule has 1 aliphatic rings. The smallest absolute Gasteiger partial charge is 0.211 e. The number of thiophene rings is 1. The lowest BCUT2D eigenvalue weighted by molar-refractivity contribution is -0.105. The van der Waals surface area contributed by atoms with Crippen molar-refractivity contribution in [3.8, 4) is 10.4 Å². The minimum Gasteiger partial charge on any atom is -0.329 e. The van der Waals surface area contributed by atoms with Gasteiger partial charge in [-0.25, -0.2) is 8.60 Å². The van der Waals surface area contributed by atoms with E-state index >= 15 is 0 Å². The summed E-state index contributed by atoms with van der Waals surface area (Å²) in [6.45, 7) is 1.07. The number of rotatable bonds is 6. The SMILES string of the molecule is CS(=O)Nc1ccc(-c2ccc([C@@H]3CCNS(C)(C)N3)s2)cc1.O=CNc1ccc(F)c(Cl)c1. The molecule has 2 heterocycles. The molecule has 0 radical (unpaired) electrons. The first kappa shape index (κ1) is 26.7. The lowest BCUT2D eigenvalue weighted by Crippen LogP contribution is -2.40. The van der Waals surface area contributed by atoms with E-state index in [9.17, 15) is 13.4 Å². The van der Waals surface area contributed by atoms with Gasteiger partial charge in [-0.05, 0) is 67.0 Å². The van der Waals surface area contributed by atoms with Gasteiger partial charge in [-0.2, -0.15) is 0 Å². The Hall–Kier alpha value is -1.95. The Morgan fingerprint density at radius 1 is 1.15 bits per heavy atom. The number of hydrogen-bond donors (Lipinski definition) is 4. The predicted molar refractivity (Wildman–Crippen MR) is 146 cm³/mol. The van der Waals surface area contributed by atoms with E-state index in [1.165, 1.54) is 33.5 Å². The van der Waals surface area contributed by atoms with E-state index in [2.05, 4.69) is 56.3 Å². The van der Waals surface area contributed by atoms with E-state index < -0.39 is 27.2 Å². The van der Waals surface area contributed by atoms with Crippen LogP contribution in [0.15, 0.2) is 54.6 Å². The minimum atomic E-state index is -1.03. The van der Waals surface area contributed by atoms with Crippen LogP contribution in [0.3, 0.4) is 0 Å². The Bertz CT molecular complexity index is 1140. The summed E-state index contributed by atoms with van der Waals surface area (Å²) < 4.78 is 33.9. The van der Waals surface area contributed by atoms with E-state index in [0.717, 1.165) is 18.7 Å². The van der Waals surface area contributed by atoms with E-state index in [1.54, 1.807) is 6.26 Å². The minimum absolute atomic E-state index is 0.00292. The number of halogens is 2. The Morgan fingerprint density at radius 3 is 2.47 bits per heavy atom. The Labute approximate surface area is 212 Å². The molecule has 1 saturated heterocycles. The first-order valence-corrected chi connectivity index (χ1v) is 15.6. The maximum absolute atomic E-state index is 12.5. The molecule has 0 saturated carbocycles. The van der Waals surface area contributed by atoms with Gasteiger partial charge in [-0.15, -0.1) is 21.7 Å². The summed E-state index contributed by atoms with van der Waals surface area (Å²) in [7, 11) is -1.92. The maximum atomic E-state index is 12.5. The molecule has 11 heteroatoms. The predicted octanol–water partition coefficient (Wildman–Crippen LogP) is 5.69. The second-order valence-electron chi connectivity index (χ2n) is 7.91. The van der Waals surface area contributed by atoms with Gasteiger partial charge in [-0.3, -0.25) is 14.2 Å². The molecule has 2 aromatic carbocycles. The van der Waals surface area contributed by atoms with Gasteiger partial charge >= 0.3 is 0 Å². The number of anilines is 2. The highest BCUT2D eigenvalue weighted by Crippen LogP contribution is 2.41. The normalized spacial score (nSPS) is 18.7. The molecule has 1 aromatic heterocycles. The van der Waals surface area contributed by atoms with Crippen LogP contribution in [0.1, 0.15) is 17.3 Å². The largest absolute Gasteiger partial charge is 0.329 e. The number of benzene rings is 2. The Balaban J connectivity index is 0.000000248. The van der Waals surface area contributed by atoms with Gasteiger partial charge in [0.05, 0.1) is 11.1 Å². The number of nitrogens with one attached hydrogen (secondary N) is 4. The molecule has 1 aliphatic heterocycles. The third-order valence-corrected chi connectivity index (χ3v) is 8.74. The summed E-state index contributed by atoms with van der Waals surface area (Å²) in [6, 6.07) is 17.0. The molecular formula is C23H28ClFN4O2S3. The zero-order valence-electron chi connectivity index (χ0n) is 19.1. The van der Waals surface area contributed by atoms with Gasteiger partial charge in [-0.1, -0.05) is 23.7 Å². The third kappa shape index (κ3) is 7.79. The van der Waals surface area contributed by atoms with E-state index in [4.69, 9.17) is 11.6 Å². The van der Waals surface area contributed by atoms with Crippen molar-refractivity contribution in [3.63, 3.8) is 0 Å². The zero-order valence-corrected chi connectivity index (χ0v) is 22.3. The standard InChI is InChI=1S/C16H23N3OS3.C7H5ClFNO/c1-22(20)18-13-6-4-12(5-7-13)15-8-9-16(21-15)14-10-11-17-23(2,3)19-14;8-6-3-5(10-4-11)1-2-7(6)9/h4-9,14,17-19H,10-11H2,1-3H3;1-4H,(H,10,11)/t14-,22?;/m0./s1. The van der Waals surface area contributed by atoms with Crippen molar-refractivity contribution in [1.82, 2.24) is 9.44 Å². The van der Waals surface area contributed by atoms with Crippen molar-refractivity contribution in [2.75, 3.05) is 35.4 Å². The quantitative estimate of drug-likeness (QED) is 0.302. The van der Waals surface area contributed by atoms with Crippen LogP contribution >= 0.6 is 33.3 Å². The molecule has 0 bridgehead atoms. The first-order valence-electron chi connectivity index (χ1n) is 10.4. The van der Waals surface area contributed by atoms with Crippen LogP contribution in [0.5, 0.6) is 0 Å². The van der Waals surface area contributed by atoms with E-state index in [-0.39, 0.29) is 5.02 Å². The van der Waals surface area contributed by atoms with E-state index in [1.807, 2.05) is 23.5 Å². The van der Waals surface area contributed by atoms with Crippen LogP contribution in [-0.2, 0) is 15.8 Å². The summed E-state index contributed by atoms with van der Waals surface area (Å²) in [5, 5.41) is 2.34. The van der Waals surface area contributed by atoms with Crippen LogP contribution in [0.2, 0.25) is 5.02 Å². The van der Waals surface area contributed by atoms with Gasteiger partial charge in [0, 0.05) is 33.9 Å². The molecule has 2 atom stereocenters. The van der Waals surface area contributed by atoms with Crippen LogP contribution in [0.4, 0.5) is 15.8 Å². The monoisotopic (exact) mass is 542 g/mol. The van der Waals surface area contributed by atoms with Crippen LogP contribution in [0, 0.1) is 5.82 Å². The molecule has 4 rings (SSSR count). The first-order chi connectivity index (χ1) is 16.2. The molecule has 184 valence electrons. The Morgan fingerprint density at radius 2 is 1.85 bits per heavy atom. The zero-order chi connectivity index (χ0) is 24.7. The van der Waals surface area contributed by atoms with Crippen LogP contribution < -0.4 is 19.5 Å². The second kappa shape index (κ2) is 12.1. The molecule has 1 unspecified atom stereocenters. The summed E-state index contributed by atoms with van der Waals surface area (Å²) in [5.74, 6) is -0.497. The average Bonchev–Trinajstić information content (AvgIpc) is 3.27. The fourth-order valence-corrected chi connectivity index (χ4v) is 6.82. The molecule has 4 N–H and O–H groups in total. The number of carbonyl (C=O) groups is 1. The lowest BCUT2D eigenvalue weighted by Gasteiger charge is -2.42. The number of carbonyl (C=O) groups excluding carboxylic acids is 1. The summed E-state index contributed by atoms with van der Waals surface area (Å²) >= 11 is 7.27. The molecule has 0 aliphatic carbocycles. The molecule has 3 aromatic rings. The number of amides is 1. The highest BCUT2D eigenvalue weighted by atomic mass is 35.5. The molecule has 6 nitrogen and oxygen atoms in total. The van der Waals surface area contributed by atoms with Gasteiger partial charge in [0.25, 0.3) is 0 Å². The van der Waals surface area contributed by atoms with Gasteiger partial charge in [0.15, 0.2) is 0 Å². The third-order valence-electron chi connectivity index (χ3n) is 4.88. The van der Waals surface area contributed by atoms with Gasteiger partial charge in [0.2, 0.25) is 6.41 Å². The van der Waals surface area contributed by atoms with Crippen molar-refractivity contribution < 1.29 is 13.4 Å². The maximum Gasteiger partial charge on any atom is 0.211 e. The van der Waals surface area contributed by atoms with Gasteiger partial charge in [0.1, 0.15) is 16.8 Å². The molecule has 0 spiro atoms. The van der Waals surface area contributed by atoms with Crippen LogP contribution in [0.25, 0.3) is 10.4 Å². The van der Waals surface area contributed by atoms with Crippen molar-refractivity contribution in [2.45, 2.75) is 12.5 Å². The van der Waals surface area contributed by atoms with E-state index in [0.29, 0.717) is 18.1 Å². The van der Waals surface area contributed by atoms with Crippen molar-refractivity contribution in [3.05, 3.63) is 70.3 Å². The molecular weight excluding hydrogens is 515 g/mol. The Kier molecular flexibility index (Phi) is 9.52. The lowest BCUT2D eigenvalue weighted by atomic mass is 10.1.